The van der Waals surface area contributed by atoms with Gasteiger partial charge in [-0.2, -0.15) is 0 Å². The molecular weight excluding hydrogens is 284 g/mol. The van der Waals surface area contributed by atoms with Crippen LogP contribution in [0.15, 0.2) is 5.38 Å². The highest BCUT2D eigenvalue weighted by Crippen LogP contribution is 2.35. The van der Waals surface area contributed by atoms with Gasteiger partial charge >= 0.3 is 5.97 Å². The molecule has 5 heteroatoms. The molecular formula is C16H24N2O2S. The summed E-state index contributed by atoms with van der Waals surface area (Å²) in [5, 5.41) is 12.8. The van der Waals surface area contributed by atoms with Gasteiger partial charge in [0.05, 0.1) is 16.1 Å². The van der Waals surface area contributed by atoms with E-state index in [1.807, 2.05) is 6.92 Å². The van der Waals surface area contributed by atoms with Gasteiger partial charge in [-0.25, -0.2) is 4.98 Å². The van der Waals surface area contributed by atoms with Gasteiger partial charge in [0.1, 0.15) is 0 Å². The van der Waals surface area contributed by atoms with E-state index in [4.69, 9.17) is 4.98 Å². The van der Waals surface area contributed by atoms with E-state index in [1.54, 1.807) is 11.3 Å². The Kier molecular flexibility index (Phi) is 4.31. The van der Waals surface area contributed by atoms with Crippen LogP contribution in [0.1, 0.15) is 62.1 Å². The van der Waals surface area contributed by atoms with Gasteiger partial charge < -0.3 is 5.11 Å². The molecule has 0 radical (unpaired) electrons. The molecule has 3 rings (SSSR count). The van der Waals surface area contributed by atoms with Crippen LogP contribution in [0.3, 0.4) is 0 Å². The van der Waals surface area contributed by atoms with Gasteiger partial charge in [0.2, 0.25) is 0 Å². The number of carboxylic acids is 1. The summed E-state index contributed by atoms with van der Waals surface area (Å²) < 4.78 is 0. The molecule has 2 aliphatic rings. The van der Waals surface area contributed by atoms with Crippen LogP contribution in [0.4, 0.5) is 0 Å². The molecule has 116 valence electrons. The molecule has 2 fully saturated rings. The predicted octanol–water partition coefficient (Wildman–Crippen LogP) is 3.49. The number of nitrogens with zero attached hydrogens (tertiary/aromatic N) is 2. The minimum atomic E-state index is -0.675. The van der Waals surface area contributed by atoms with E-state index in [-0.39, 0.29) is 0 Å². The number of hydrogen-bond donors (Lipinski definition) is 1. The summed E-state index contributed by atoms with van der Waals surface area (Å²) in [4.78, 5) is 18.3. The molecule has 1 aliphatic heterocycles. The lowest BCUT2D eigenvalue weighted by atomic mass is 9.90. The zero-order valence-electron chi connectivity index (χ0n) is 12.7. The third kappa shape index (κ3) is 3.29. The molecule has 21 heavy (non-hydrogen) atoms. The van der Waals surface area contributed by atoms with Crippen LogP contribution in [-0.2, 0) is 11.3 Å². The van der Waals surface area contributed by atoms with Crippen molar-refractivity contribution in [1.29, 1.82) is 0 Å². The van der Waals surface area contributed by atoms with Crippen LogP contribution < -0.4 is 0 Å². The van der Waals surface area contributed by atoms with Crippen molar-refractivity contribution in [2.24, 2.45) is 5.41 Å². The molecule has 1 N–H and O–H groups in total. The maximum absolute atomic E-state index is 11.3. The van der Waals surface area contributed by atoms with Crippen molar-refractivity contribution in [2.45, 2.75) is 57.9 Å². The summed E-state index contributed by atoms with van der Waals surface area (Å²) in [5.41, 5.74) is 0.539. The molecule has 1 aliphatic carbocycles. The lowest BCUT2D eigenvalue weighted by molar-refractivity contribution is -0.147. The van der Waals surface area contributed by atoms with Gasteiger partial charge in [0, 0.05) is 24.4 Å². The highest BCUT2D eigenvalue weighted by atomic mass is 32.1. The van der Waals surface area contributed by atoms with Crippen LogP contribution >= 0.6 is 11.3 Å². The standard InChI is InChI=1S/C16H24N2O2S/c1-16(15(19)20)7-8-18(11-16)9-13-10-21-14(17-13)12-5-3-2-4-6-12/h10,12H,2-9,11H2,1H3,(H,19,20). The first-order valence-corrected chi connectivity index (χ1v) is 8.85. The van der Waals surface area contributed by atoms with Gasteiger partial charge in [-0.15, -0.1) is 11.3 Å². The summed E-state index contributed by atoms with van der Waals surface area (Å²) in [7, 11) is 0. The Bertz CT molecular complexity index is 510. The van der Waals surface area contributed by atoms with Crippen molar-refractivity contribution in [2.75, 3.05) is 13.1 Å². The van der Waals surface area contributed by atoms with E-state index in [2.05, 4.69) is 10.3 Å². The average Bonchev–Trinajstić information content (AvgIpc) is 3.08. The molecule has 1 atom stereocenters. The first kappa shape index (κ1) is 15.0. The molecule has 4 nitrogen and oxygen atoms in total. The number of carboxylic acid groups (broad SMARTS) is 1. The van der Waals surface area contributed by atoms with Crippen molar-refractivity contribution in [3.05, 3.63) is 16.1 Å². The Labute approximate surface area is 130 Å². The van der Waals surface area contributed by atoms with E-state index in [1.165, 1.54) is 37.1 Å². The summed E-state index contributed by atoms with van der Waals surface area (Å²) in [6, 6.07) is 0. The summed E-state index contributed by atoms with van der Waals surface area (Å²) in [6.07, 6.45) is 7.35. The van der Waals surface area contributed by atoms with Gasteiger partial charge in [0.25, 0.3) is 0 Å². The zero-order chi connectivity index (χ0) is 14.9. The molecule has 2 heterocycles. The number of thiazole rings is 1. The monoisotopic (exact) mass is 308 g/mol. The quantitative estimate of drug-likeness (QED) is 0.925. The van der Waals surface area contributed by atoms with E-state index >= 15 is 0 Å². The normalized spacial score (nSPS) is 28.0. The largest absolute Gasteiger partial charge is 0.481 e. The molecule has 0 amide bonds. The lowest BCUT2D eigenvalue weighted by Gasteiger charge is -2.20. The number of carbonyl (C=O) groups is 1. The Morgan fingerprint density at radius 3 is 2.90 bits per heavy atom. The van der Waals surface area contributed by atoms with Crippen LogP contribution in [0.2, 0.25) is 0 Å². The van der Waals surface area contributed by atoms with E-state index in [0.717, 1.165) is 25.2 Å². The van der Waals surface area contributed by atoms with Gasteiger partial charge in [-0.3, -0.25) is 9.69 Å². The van der Waals surface area contributed by atoms with Crippen LogP contribution in [0, 0.1) is 5.41 Å². The van der Waals surface area contributed by atoms with Crippen LogP contribution in [-0.4, -0.2) is 34.0 Å². The molecule has 1 unspecified atom stereocenters. The summed E-state index contributed by atoms with van der Waals surface area (Å²) >= 11 is 1.79. The average molecular weight is 308 g/mol. The fourth-order valence-corrected chi connectivity index (χ4v) is 4.51. The van der Waals surface area contributed by atoms with Crippen molar-refractivity contribution in [3.63, 3.8) is 0 Å². The Balaban J connectivity index is 1.59. The van der Waals surface area contributed by atoms with Crippen molar-refractivity contribution < 1.29 is 9.90 Å². The molecule has 1 aromatic rings. The molecule has 1 saturated carbocycles. The second-order valence-electron chi connectivity index (χ2n) is 6.84. The fourth-order valence-electron chi connectivity index (χ4n) is 3.53. The van der Waals surface area contributed by atoms with Crippen molar-refractivity contribution in [3.8, 4) is 0 Å². The van der Waals surface area contributed by atoms with Gasteiger partial charge in [0.15, 0.2) is 0 Å². The van der Waals surface area contributed by atoms with E-state index < -0.39 is 11.4 Å². The number of aliphatic carboxylic acids is 1. The smallest absolute Gasteiger partial charge is 0.310 e. The minimum Gasteiger partial charge on any atom is -0.481 e. The van der Waals surface area contributed by atoms with E-state index in [0.29, 0.717) is 12.5 Å². The topological polar surface area (TPSA) is 53.4 Å². The molecule has 0 bridgehead atoms. The molecule has 1 saturated heterocycles. The fraction of sp³-hybridized carbons (Fsp3) is 0.750. The highest BCUT2D eigenvalue weighted by Gasteiger charge is 2.40. The highest BCUT2D eigenvalue weighted by molar-refractivity contribution is 7.09. The third-order valence-electron chi connectivity index (χ3n) is 4.98. The minimum absolute atomic E-state index is 0.581. The first-order chi connectivity index (χ1) is 10.1. The Morgan fingerprint density at radius 1 is 1.48 bits per heavy atom. The van der Waals surface area contributed by atoms with Crippen LogP contribution in [0.5, 0.6) is 0 Å². The SMILES string of the molecule is CC1(C(=O)O)CCN(Cc2csc(C3CCCCC3)n2)C1. The Morgan fingerprint density at radius 2 is 2.24 bits per heavy atom. The number of likely N-dealkylation sites (tertiary alicyclic amines) is 1. The number of rotatable bonds is 4. The third-order valence-corrected chi connectivity index (χ3v) is 6.03. The molecule has 0 spiro atoms. The molecule has 0 aromatic carbocycles. The maximum atomic E-state index is 11.3. The second kappa shape index (κ2) is 6.05. The van der Waals surface area contributed by atoms with Crippen molar-refractivity contribution >= 4 is 17.3 Å². The first-order valence-electron chi connectivity index (χ1n) is 7.97. The van der Waals surface area contributed by atoms with Crippen molar-refractivity contribution in [1.82, 2.24) is 9.88 Å². The van der Waals surface area contributed by atoms with Gasteiger partial charge in [-0.1, -0.05) is 19.3 Å². The summed E-state index contributed by atoms with van der Waals surface area (Å²) in [6.45, 7) is 4.15. The van der Waals surface area contributed by atoms with E-state index in [9.17, 15) is 9.90 Å². The van der Waals surface area contributed by atoms with Gasteiger partial charge in [-0.05, 0) is 32.7 Å². The lowest BCUT2D eigenvalue weighted by Crippen LogP contribution is -2.31. The second-order valence-corrected chi connectivity index (χ2v) is 7.73. The number of hydrogen-bond acceptors (Lipinski definition) is 4. The molecule has 1 aromatic heterocycles. The number of aromatic nitrogens is 1. The Hall–Kier alpha value is -0.940. The predicted molar refractivity (Wildman–Crippen MR) is 83.6 cm³/mol. The maximum Gasteiger partial charge on any atom is 0.310 e. The zero-order valence-corrected chi connectivity index (χ0v) is 13.5. The van der Waals surface area contributed by atoms with Crippen LogP contribution in [0.25, 0.3) is 0 Å². The summed E-state index contributed by atoms with van der Waals surface area (Å²) in [5.74, 6) is -0.00784.